The van der Waals surface area contributed by atoms with Gasteiger partial charge in [-0.15, -0.1) is 0 Å². The number of rotatable bonds is 4. The van der Waals surface area contributed by atoms with Crippen LogP contribution in [0.3, 0.4) is 0 Å². The van der Waals surface area contributed by atoms with E-state index in [1.165, 1.54) is 32.1 Å². The summed E-state index contributed by atoms with van der Waals surface area (Å²) in [5, 5.41) is 3.63. The molecule has 0 saturated heterocycles. The molecule has 0 aromatic rings. The predicted octanol–water partition coefficient (Wildman–Crippen LogP) is 1.65. The van der Waals surface area contributed by atoms with E-state index in [-0.39, 0.29) is 0 Å². The average molecular weight is 170 g/mol. The van der Waals surface area contributed by atoms with Crippen molar-refractivity contribution in [2.75, 3.05) is 6.54 Å². The van der Waals surface area contributed by atoms with Crippen LogP contribution < -0.4 is 11.1 Å². The first-order valence-electron chi connectivity index (χ1n) is 5.33. The van der Waals surface area contributed by atoms with Crippen LogP contribution in [0.2, 0.25) is 0 Å². The second kappa shape index (κ2) is 5.55. The fourth-order valence-electron chi connectivity index (χ4n) is 1.96. The standard InChI is InChI=1S/C10H22N2/c1-2-9(8-11)12-10-6-4-3-5-7-10/h9-10,12H,2-8,11H2,1H3. The van der Waals surface area contributed by atoms with Gasteiger partial charge in [-0.25, -0.2) is 0 Å². The molecule has 12 heavy (non-hydrogen) atoms. The minimum absolute atomic E-state index is 0.549. The summed E-state index contributed by atoms with van der Waals surface area (Å²) in [5.41, 5.74) is 5.64. The van der Waals surface area contributed by atoms with E-state index in [1.807, 2.05) is 0 Å². The first-order valence-corrected chi connectivity index (χ1v) is 5.33. The molecule has 2 heteroatoms. The zero-order valence-corrected chi connectivity index (χ0v) is 8.18. The van der Waals surface area contributed by atoms with Gasteiger partial charge in [0.15, 0.2) is 0 Å². The molecule has 0 aromatic heterocycles. The van der Waals surface area contributed by atoms with Crippen molar-refractivity contribution in [1.29, 1.82) is 0 Å². The third kappa shape index (κ3) is 3.11. The predicted molar refractivity (Wildman–Crippen MR) is 53.1 cm³/mol. The largest absolute Gasteiger partial charge is 0.329 e. The highest BCUT2D eigenvalue weighted by molar-refractivity contribution is 4.76. The first kappa shape index (κ1) is 10.0. The fraction of sp³-hybridized carbons (Fsp3) is 1.00. The van der Waals surface area contributed by atoms with E-state index in [4.69, 9.17) is 5.73 Å². The molecule has 1 atom stereocenters. The Hall–Kier alpha value is -0.0800. The van der Waals surface area contributed by atoms with Crippen LogP contribution in [0.15, 0.2) is 0 Å². The molecule has 3 N–H and O–H groups in total. The summed E-state index contributed by atoms with van der Waals surface area (Å²) in [4.78, 5) is 0. The van der Waals surface area contributed by atoms with Gasteiger partial charge in [0, 0.05) is 18.6 Å². The summed E-state index contributed by atoms with van der Waals surface area (Å²) >= 11 is 0. The first-order chi connectivity index (χ1) is 5.86. The van der Waals surface area contributed by atoms with E-state index in [9.17, 15) is 0 Å². The third-order valence-electron chi connectivity index (χ3n) is 2.85. The lowest BCUT2D eigenvalue weighted by Gasteiger charge is -2.27. The van der Waals surface area contributed by atoms with Crippen LogP contribution in [0.25, 0.3) is 0 Å². The fourth-order valence-corrected chi connectivity index (χ4v) is 1.96. The van der Waals surface area contributed by atoms with Gasteiger partial charge in [-0.3, -0.25) is 0 Å². The molecular weight excluding hydrogens is 148 g/mol. The summed E-state index contributed by atoms with van der Waals surface area (Å²) in [7, 11) is 0. The molecule has 1 fully saturated rings. The Kier molecular flexibility index (Phi) is 4.62. The Bertz CT molecular complexity index is 104. The van der Waals surface area contributed by atoms with Crippen molar-refractivity contribution in [3.05, 3.63) is 0 Å². The molecule has 0 aromatic carbocycles. The van der Waals surface area contributed by atoms with Gasteiger partial charge in [0.1, 0.15) is 0 Å². The van der Waals surface area contributed by atoms with E-state index in [0.29, 0.717) is 6.04 Å². The van der Waals surface area contributed by atoms with Crippen molar-refractivity contribution in [2.45, 2.75) is 57.5 Å². The van der Waals surface area contributed by atoms with Crippen LogP contribution in [-0.2, 0) is 0 Å². The number of nitrogens with one attached hydrogen (secondary N) is 1. The molecule has 1 aliphatic carbocycles. The zero-order valence-electron chi connectivity index (χ0n) is 8.18. The summed E-state index contributed by atoms with van der Waals surface area (Å²) < 4.78 is 0. The highest BCUT2D eigenvalue weighted by Crippen LogP contribution is 2.17. The second-order valence-corrected chi connectivity index (χ2v) is 3.84. The molecule has 0 aliphatic heterocycles. The molecule has 1 aliphatic rings. The second-order valence-electron chi connectivity index (χ2n) is 3.84. The van der Waals surface area contributed by atoms with E-state index < -0.39 is 0 Å². The zero-order chi connectivity index (χ0) is 8.81. The Morgan fingerprint density at radius 3 is 2.50 bits per heavy atom. The van der Waals surface area contributed by atoms with E-state index >= 15 is 0 Å². The molecule has 1 saturated carbocycles. The maximum Gasteiger partial charge on any atom is 0.0190 e. The molecule has 1 unspecified atom stereocenters. The molecule has 72 valence electrons. The molecule has 0 heterocycles. The summed E-state index contributed by atoms with van der Waals surface area (Å²) in [6.45, 7) is 2.99. The van der Waals surface area contributed by atoms with E-state index in [0.717, 1.165) is 19.0 Å². The number of hydrogen-bond acceptors (Lipinski definition) is 2. The van der Waals surface area contributed by atoms with Gasteiger partial charge >= 0.3 is 0 Å². The minimum atomic E-state index is 0.549. The van der Waals surface area contributed by atoms with Crippen LogP contribution in [0, 0.1) is 0 Å². The van der Waals surface area contributed by atoms with Gasteiger partial charge in [0.05, 0.1) is 0 Å². The quantitative estimate of drug-likeness (QED) is 0.673. The molecule has 0 amide bonds. The van der Waals surface area contributed by atoms with Gasteiger partial charge in [0.2, 0.25) is 0 Å². The normalized spacial score (nSPS) is 22.5. The van der Waals surface area contributed by atoms with Crippen LogP contribution >= 0.6 is 0 Å². The van der Waals surface area contributed by atoms with Crippen molar-refractivity contribution >= 4 is 0 Å². The van der Waals surface area contributed by atoms with Crippen molar-refractivity contribution in [2.24, 2.45) is 5.73 Å². The molecule has 0 bridgehead atoms. The summed E-state index contributed by atoms with van der Waals surface area (Å²) in [6.07, 6.45) is 8.11. The maximum atomic E-state index is 5.64. The monoisotopic (exact) mass is 170 g/mol. The van der Waals surface area contributed by atoms with Crippen LogP contribution in [0.4, 0.5) is 0 Å². The lowest BCUT2D eigenvalue weighted by Crippen LogP contribution is -2.43. The smallest absolute Gasteiger partial charge is 0.0190 e. The molecule has 2 nitrogen and oxygen atoms in total. The lowest BCUT2D eigenvalue weighted by molar-refractivity contribution is 0.333. The van der Waals surface area contributed by atoms with Crippen LogP contribution in [0.1, 0.15) is 45.4 Å². The highest BCUT2D eigenvalue weighted by Gasteiger charge is 2.15. The van der Waals surface area contributed by atoms with E-state index in [1.54, 1.807) is 0 Å². The Labute approximate surface area is 75.9 Å². The third-order valence-corrected chi connectivity index (χ3v) is 2.85. The van der Waals surface area contributed by atoms with Crippen molar-refractivity contribution in [1.82, 2.24) is 5.32 Å². The van der Waals surface area contributed by atoms with Crippen molar-refractivity contribution in [3.63, 3.8) is 0 Å². The van der Waals surface area contributed by atoms with E-state index in [2.05, 4.69) is 12.2 Å². The molecule has 0 radical (unpaired) electrons. The topological polar surface area (TPSA) is 38.0 Å². The highest BCUT2D eigenvalue weighted by atomic mass is 15.0. The maximum absolute atomic E-state index is 5.64. The van der Waals surface area contributed by atoms with Gasteiger partial charge in [0.25, 0.3) is 0 Å². The molecular formula is C10H22N2. The van der Waals surface area contributed by atoms with Crippen molar-refractivity contribution < 1.29 is 0 Å². The van der Waals surface area contributed by atoms with Crippen molar-refractivity contribution in [3.8, 4) is 0 Å². The lowest BCUT2D eigenvalue weighted by atomic mass is 9.94. The Morgan fingerprint density at radius 2 is 2.00 bits per heavy atom. The SMILES string of the molecule is CCC(CN)NC1CCCCC1. The average Bonchev–Trinajstić information content (AvgIpc) is 2.16. The summed E-state index contributed by atoms with van der Waals surface area (Å²) in [6, 6.07) is 1.31. The number of nitrogens with two attached hydrogens (primary N) is 1. The minimum Gasteiger partial charge on any atom is -0.329 e. The molecule has 0 spiro atoms. The van der Waals surface area contributed by atoms with Gasteiger partial charge in [-0.05, 0) is 19.3 Å². The van der Waals surface area contributed by atoms with Crippen LogP contribution in [0.5, 0.6) is 0 Å². The Morgan fingerprint density at radius 1 is 1.33 bits per heavy atom. The van der Waals surface area contributed by atoms with Gasteiger partial charge in [-0.2, -0.15) is 0 Å². The summed E-state index contributed by atoms with van der Waals surface area (Å²) in [5.74, 6) is 0. The van der Waals surface area contributed by atoms with Gasteiger partial charge in [-0.1, -0.05) is 26.2 Å². The van der Waals surface area contributed by atoms with Crippen LogP contribution in [-0.4, -0.2) is 18.6 Å². The van der Waals surface area contributed by atoms with Gasteiger partial charge < -0.3 is 11.1 Å². The number of hydrogen-bond donors (Lipinski definition) is 2. The molecule has 1 rings (SSSR count). The Balaban J connectivity index is 2.18.